The molecule has 22 heavy (non-hydrogen) atoms. The van der Waals surface area contributed by atoms with Crippen molar-refractivity contribution in [3.05, 3.63) is 36.6 Å². The van der Waals surface area contributed by atoms with Crippen LogP contribution in [0.25, 0.3) is 0 Å². The molecule has 0 aliphatic rings. The molecule has 1 unspecified atom stereocenters. The van der Waals surface area contributed by atoms with E-state index < -0.39 is 24.0 Å². The highest BCUT2D eigenvalue weighted by Gasteiger charge is 2.11. The third-order valence-corrected chi connectivity index (χ3v) is 2.16. The molecule has 0 amide bonds. The fourth-order valence-corrected chi connectivity index (χ4v) is 1.06. The van der Waals surface area contributed by atoms with Crippen LogP contribution in [0.3, 0.4) is 0 Å². The standard InChI is InChI=1S/C14H19NO7/c1-10(4-5-12(16)19-2)22-11(8-15)9-21-14(18)7-6-13(17)20-3/h4-7,11H,1,8-9,15H2,2-3H3/b5-4+,7-6+. The summed E-state index contributed by atoms with van der Waals surface area (Å²) >= 11 is 0. The van der Waals surface area contributed by atoms with E-state index in [1.807, 2.05) is 0 Å². The molecule has 1 atom stereocenters. The molecule has 0 saturated heterocycles. The van der Waals surface area contributed by atoms with Crippen molar-refractivity contribution in [1.82, 2.24) is 0 Å². The first kappa shape index (κ1) is 19.4. The van der Waals surface area contributed by atoms with E-state index in [1.54, 1.807) is 0 Å². The van der Waals surface area contributed by atoms with Crippen LogP contribution in [0.1, 0.15) is 0 Å². The summed E-state index contributed by atoms with van der Waals surface area (Å²) in [4.78, 5) is 33.0. The van der Waals surface area contributed by atoms with Crippen molar-refractivity contribution in [3.63, 3.8) is 0 Å². The fourth-order valence-electron chi connectivity index (χ4n) is 1.06. The summed E-state index contributed by atoms with van der Waals surface area (Å²) in [6.45, 7) is 3.47. The van der Waals surface area contributed by atoms with Gasteiger partial charge in [-0.1, -0.05) is 6.58 Å². The molecule has 2 N–H and O–H groups in total. The van der Waals surface area contributed by atoms with Gasteiger partial charge in [0, 0.05) is 24.8 Å². The summed E-state index contributed by atoms with van der Waals surface area (Å²) in [6, 6.07) is 0. The smallest absolute Gasteiger partial charge is 0.331 e. The second-order valence-electron chi connectivity index (χ2n) is 3.78. The highest BCUT2D eigenvalue weighted by atomic mass is 16.6. The molecule has 0 aromatic carbocycles. The Morgan fingerprint density at radius 3 is 2.00 bits per heavy atom. The topological polar surface area (TPSA) is 114 Å². The van der Waals surface area contributed by atoms with Crippen LogP contribution in [0.4, 0.5) is 0 Å². The van der Waals surface area contributed by atoms with Gasteiger partial charge in [0.25, 0.3) is 0 Å². The maximum absolute atomic E-state index is 11.3. The molecule has 0 saturated carbocycles. The Kier molecular flexibility index (Phi) is 9.78. The molecule has 0 aromatic heterocycles. The van der Waals surface area contributed by atoms with Crippen molar-refractivity contribution in [2.75, 3.05) is 27.4 Å². The summed E-state index contributed by atoms with van der Waals surface area (Å²) in [5.74, 6) is -1.83. The minimum Gasteiger partial charge on any atom is -0.486 e. The van der Waals surface area contributed by atoms with Gasteiger partial charge in [-0.05, 0) is 6.08 Å². The molecule has 0 aliphatic carbocycles. The Labute approximate surface area is 128 Å². The monoisotopic (exact) mass is 313 g/mol. The molecule has 0 aromatic rings. The average molecular weight is 313 g/mol. The van der Waals surface area contributed by atoms with E-state index in [4.69, 9.17) is 15.2 Å². The molecular weight excluding hydrogens is 294 g/mol. The van der Waals surface area contributed by atoms with Crippen LogP contribution in [0.2, 0.25) is 0 Å². The number of carbonyl (C=O) groups excluding carboxylic acids is 3. The predicted octanol–water partition coefficient (Wildman–Crippen LogP) is -0.154. The Morgan fingerprint density at radius 1 is 1.00 bits per heavy atom. The lowest BCUT2D eigenvalue weighted by molar-refractivity contribution is -0.141. The number of carbonyl (C=O) groups is 3. The van der Waals surface area contributed by atoms with Gasteiger partial charge in [0.05, 0.1) is 14.2 Å². The highest BCUT2D eigenvalue weighted by molar-refractivity contribution is 5.91. The van der Waals surface area contributed by atoms with Gasteiger partial charge in [-0.25, -0.2) is 14.4 Å². The van der Waals surface area contributed by atoms with Crippen LogP contribution in [-0.2, 0) is 33.3 Å². The van der Waals surface area contributed by atoms with Crippen molar-refractivity contribution in [1.29, 1.82) is 0 Å². The zero-order valence-electron chi connectivity index (χ0n) is 12.4. The van der Waals surface area contributed by atoms with Gasteiger partial charge in [0.2, 0.25) is 0 Å². The second-order valence-corrected chi connectivity index (χ2v) is 3.78. The zero-order chi connectivity index (χ0) is 17.0. The van der Waals surface area contributed by atoms with Crippen molar-refractivity contribution in [2.24, 2.45) is 5.73 Å². The highest BCUT2D eigenvalue weighted by Crippen LogP contribution is 2.03. The van der Waals surface area contributed by atoms with E-state index in [0.29, 0.717) is 0 Å². The van der Waals surface area contributed by atoms with Crippen LogP contribution in [-0.4, -0.2) is 51.4 Å². The van der Waals surface area contributed by atoms with Crippen molar-refractivity contribution in [2.45, 2.75) is 6.10 Å². The summed E-state index contributed by atoms with van der Waals surface area (Å²) in [7, 11) is 2.42. The normalized spacial score (nSPS) is 12.0. The van der Waals surface area contributed by atoms with Crippen LogP contribution < -0.4 is 5.73 Å². The van der Waals surface area contributed by atoms with Crippen molar-refractivity contribution >= 4 is 17.9 Å². The van der Waals surface area contributed by atoms with Gasteiger partial charge in [0.1, 0.15) is 18.5 Å². The van der Waals surface area contributed by atoms with Crippen LogP contribution in [0, 0.1) is 0 Å². The largest absolute Gasteiger partial charge is 0.486 e. The summed E-state index contributed by atoms with van der Waals surface area (Å²) in [5.41, 5.74) is 5.47. The Balaban J connectivity index is 4.27. The number of hydrogen-bond acceptors (Lipinski definition) is 8. The third kappa shape index (κ3) is 9.32. The van der Waals surface area contributed by atoms with Gasteiger partial charge in [-0.3, -0.25) is 0 Å². The summed E-state index contributed by atoms with van der Waals surface area (Å²) in [6.07, 6.45) is 3.63. The molecule has 0 radical (unpaired) electrons. The number of ether oxygens (including phenoxy) is 4. The summed E-state index contributed by atoms with van der Waals surface area (Å²) < 4.78 is 18.9. The first-order chi connectivity index (χ1) is 10.4. The molecular formula is C14H19NO7. The number of allylic oxidation sites excluding steroid dienone is 1. The third-order valence-electron chi connectivity index (χ3n) is 2.16. The van der Waals surface area contributed by atoms with Gasteiger partial charge < -0.3 is 24.7 Å². The molecule has 0 rings (SSSR count). The molecule has 0 spiro atoms. The SMILES string of the molecule is C=C(/C=C/C(=O)OC)OC(CN)COC(=O)/C=C/C(=O)OC. The number of methoxy groups -OCH3 is 2. The average Bonchev–Trinajstić information content (AvgIpc) is 2.53. The minimum atomic E-state index is -0.747. The maximum atomic E-state index is 11.3. The number of hydrogen-bond donors (Lipinski definition) is 1. The van der Waals surface area contributed by atoms with E-state index in [0.717, 1.165) is 18.2 Å². The van der Waals surface area contributed by atoms with Gasteiger partial charge >= 0.3 is 17.9 Å². The number of esters is 3. The lowest BCUT2D eigenvalue weighted by atomic mass is 10.3. The van der Waals surface area contributed by atoms with Gasteiger partial charge in [-0.2, -0.15) is 0 Å². The lowest BCUT2D eigenvalue weighted by Gasteiger charge is -2.16. The van der Waals surface area contributed by atoms with E-state index in [9.17, 15) is 14.4 Å². The van der Waals surface area contributed by atoms with E-state index in [-0.39, 0.29) is 18.9 Å². The lowest BCUT2D eigenvalue weighted by Crippen LogP contribution is -2.29. The zero-order valence-corrected chi connectivity index (χ0v) is 12.4. The fraction of sp³-hybridized carbons (Fsp3) is 0.357. The number of rotatable bonds is 9. The predicted molar refractivity (Wildman–Crippen MR) is 76.3 cm³/mol. The van der Waals surface area contributed by atoms with Gasteiger partial charge in [0.15, 0.2) is 0 Å². The minimum absolute atomic E-state index is 0.0546. The van der Waals surface area contributed by atoms with E-state index >= 15 is 0 Å². The van der Waals surface area contributed by atoms with Crippen molar-refractivity contribution < 1.29 is 33.3 Å². The quantitative estimate of drug-likeness (QED) is 0.205. The van der Waals surface area contributed by atoms with Crippen LogP contribution in [0.5, 0.6) is 0 Å². The molecule has 0 fully saturated rings. The molecule has 0 bridgehead atoms. The first-order valence-corrected chi connectivity index (χ1v) is 6.17. The molecule has 0 heterocycles. The van der Waals surface area contributed by atoms with E-state index in [2.05, 4.69) is 16.1 Å². The Hall–Kier alpha value is -2.61. The molecule has 8 nitrogen and oxygen atoms in total. The summed E-state index contributed by atoms with van der Waals surface area (Å²) in [5, 5.41) is 0. The number of nitrogens with two attached hydrogens (primary N) is 1. The molecule has 122 valence electrons. The Bertz CT molecular complexity index is 468. The molecule has 8 heteroatoms. The van der Waals surface area contributed by atoms with Crippen LogP contribution >= 0.6 is 0 Å². The second kappa shape index (κ2) is 11.1. The van der Waals surface area contributed by atoms with Gasteiger partial charge in [-0.15, -0.1) is 0 Å². The van der Waals surface area contributed by atoms with E-state index in [1.165, 1.54) is 20.3 Å². The maximum Gasteiger partial charge on any atom is 0.331 e. The first-order valence-electron chi connectivity index (χ1n) is 6.17. The van der Waals surface area contributed by atoms with Crippen molar-refractivity contribution in [3.8, 4) is 0 Å². The van der Waals surface area contributed by atoms with Crippen LogP contribution in [0.15, 0.2) is 36.6 Å². The molecule has 0 aliphatic heterocycles. The Morgan fingerprint density at radius 2 is 1.50 bits per heavy atom.